The van der Waals surface area contributed by atoms with E-state index in [0.717, 1.165) is 32.2 Å². The third-order valence-corrected chi connectivity index (χ3v) is 5.61. The van der Waals surface area contributed by atoms with Crippen LogP contribution >= 0.6 is 0 Å². The van der Waals surface area contributed by atoms with Crippen molar-refractivity contribution in [2.24, 2.45) is 5.92 Å². The number of carbonyl (C=O) groups excluding carboxylic acids is 2. The van der Waals surface area contributed by atoms with Crippen molar-refractivity contribution in [3.8, 4) is 5.82 Å². The van der Waals surface area contributed by atoms with E-state index in [1.165, 1.54) is 17.2 Å². The number of aromatic amines is 1. The van der Waals surface area contributed by atoms with Crippen LogP contribution in [0, 0.1) is 5.92 Å². The van der Waals surface area contributed by atoms with Gasteiger partial charge in [0.15, 0.2) is 5.82 Å². The van der Waals surface area contributed by atoms with Crippen molar-refractivity contribution in [1.29, 1.82) is 0 Å². The van der Waals surface area contributed by atoms with E-state index >= 15 is 0 Å². The highest BCUT2D eigenvalue weighted by Gasteiger charge is 2.40. The van der Waals surface area contributed by atoms with Crippen LogP contribution in [-0.4, -0.2) is 77.7 Å². The molecule has 1 N–H and O–H groups in total. The number of H-pyrrole nitrogens is 1. The van der Waals surface area contributed by atoms with Crippen LogP contribution in [0.3, 0.4) is 0 Å². The first-order valence-corrected chi connectivity index (χ1v) is 9.54. The van der Waals surface area contributed by atoms with Gasteiger partial charge < -0.3 is 9.80 Å². The first kappa shape index (κ1) is 17.6. The van der Waals surface area contributed by atoms with E-state index in [0.29, 0.717) is 36.8 Å². The van der Waals surface area contributed by atoms with Gasteiger partial charge in [-0.1, -0.05) is 13.3 Å². The first-order chi connectivity index (χ1) is 13.2. The van der Waals surface area contributed by atoms with E-state index < -0.39 is 0 Å². The summed E-state index contributed by atoms with van der Waals surface area (Å²) in [6.07, 6.45) is 7.30. The summed E-state index contributed by atoms with van der Waals surface area (Å²) in [4.78, 5) is 29.3. The summed E-state index contributed by atoms with van der Waals surface area (Å²) < 4.78 is 1.40. The van der Waals surface area contributed by atoms with Crippen molar-refractivity contribution in [1.82, 2.24) is 40.2 Å². The highest BCUT2D eigenvalue weighted by Crippen LogP contribution is 2.32. The molecule has 2 aliphatic rings. The zero-order chi connectivity index (χ0) is 18.8. The summed E-state index contributed by atoms with van der Waals surface area (Å²) in [7, 11) is 0. The number of hydrogen-bond donors (Lipinski definition) is 1. The lowest BCUT2D eigenvalue weighted by atomic mass is 9.83. The van der Waals surface area contributed by atoms with E-state index in [2.05, 4.69) is 37.5 Å². The van der Waals surface area contributed by atoms with E-state index in [9.17, 15) is 9.59 Å². The van der Waals surface area contributed by atoms with Gasteiger partial charge in [0, 0.05) is 32.1 Å². The van der Waals surface area contributed by atoms with E-state index in [1.807, 2.05) is 4.90 Å². The highest BCUT2D eigenvalue weighted by atomic mass is 16.2. The van der Waals surface area contributed by atoms with Gasteiger partial charge in [0.1, 0.15) is 11.9 Å². The fraction of sp³-hybridized carbons (Fsp3) is 0.647. The van der Waals surface area contributed by atoms with Crippen LogP contribution in [0.1, 0.15) is 49.4 Å². The maximum absolute atomic E-state index is 13.1. The molecule has 2 saturated heterocycles. The molecule has 10 heteroatoms. The van der Waals surface area contributed by atoms with Crippen molar-refractivity contribution < 1.29 is 9.59 Å². The Morgan fingerprint density at radius 1 is 1.37 bits per heavy atom. The van der Waals surface area contributed by atoms with Crippen LogP contribution in [0.15, 0.2) is 12.5 Å². The average Bonchev–Trinajstić information content (AvgIpc) is 3.37. The Labute approximate surface area is 156 Å². The fourth-order valence-corrected chi connectivity index (χ4v) is 4.20. The molecule has 2 unspecified atom stereocenters. The summed E-state index contributed by atoms with van der Waals surface area (Å²) in [6.45, 7) is 4.27. The van der Waals surface area contributed by atoms with Gasteiger partial charge in [-0.3, -0.25) is 14.7 Å². The maximum atomic E-state index is 13.1. The summed E-state index contributed by atoms with van der Waals surface area (Å²) >= 11 is 0. The Kier molecular flexibility index (Phi) is 4.87. The van der Waals surface area contributed by atoms with Gasteiger partial charge in [0.25, 0.3) is 5.91 Å². The molecule has 2 fully saturated rings. The van der Waals surface area contributed by atoms with Crippen molar-refractivity contribution in [2.45, 2.75) is 45.1 Å². The molecule has 2 aromatic heterocycles. The number of tetrazole rings is 1. The molecule has 10 nitrogen and oxygen atoms in total. The molecule has 0 saturated carbocycles. The Morgan fingerprint density at radius 2 is 2.26 bits per heavy atom. The Balaban J connectivity index is 1.48. The predicted octanol–water partition coefficient (Wildman–Crippen LogP) is 0.639. The van der Waals surface area contributed by atoms with Crippen molar-refractivity contribution in [2.75, 3.05) is 19.6 Å². The van der Waals surface area contributed by atoms with Gasteiger partial charge in [0.05, 0.1) is 6.20 Å². The molecule has 2 amide bonds. The Morgan fingerprint density at radius 3 is 3.04 bits per heavy atom. The average molecular weight is 372 g/mol. The largest absolute Gasteiger partial charge is 0.339 e. The Hall–Kier alpha value is -2.78. The van der Waals surface area contributed by atoms with E-state index in [1.54, 1.807) is 0 Å². The number of hydrogen-bond acceptors (Lipinski definition) is 6. The molecule has 0 bridgehead atoms. The minimum Gasteiger partial charge on any atom is -0.339 e. The SMILES string of the molecule is CCCCN1C(=O)CCC2CN(C(=O)c3cn[nH]c3-n3cnnn3)CCC21. The molecule has 2 atom stereocenters. The van der Waals surface area contributed by atoms with Crippen LogP contribution in [-0.2, 0) is 4.79 Å². The third-order valence-electron chi connectivity index (χ3n) is 5.61. The molecular weight excluding hydrogens is 348 g/mol. The zero-order valence-corrected chi connectivity index (χ0v) is 15.4. The minimum absolute atomic E-state index is 0.0790. The molecule has 2 aromatic rings. The Bertz CT molecular complexity index is 802. The van der Waals surface area contributed by atoms with Crippen molar-refractivity contribution >= 4 is 11.8 Å². The second-order valence-electron chi connectivity index (χ2n) is 7.23. The molecule has 4 heterocycles. The smallest absolute Gasteiger partial charge is 0.259 e. The number of likely N-dealkylation sites (tertiary alicyclic amines) is 2. The van der Waals surface area contributed by atoms with E-state index in [4.69, 9.17) is 0 Å². The van der Waals surface area contributed by atoms with Gasteiger partial charge in [-0.05, 0) is 35.6 Å². The number of fused-ring (bicyclic) bond motifs is 1. The monoisotopic (exact) mass is 372 g/mol. The number of amides is 2. The second kappa shape index (κ2) is 7.45. The second-order valence-corrected chi connectivity index (χ2v) is 7.23. The summed E-state index contributed by atoms with van der Waals surface area (Å²) in [5.41, 5.74) is 0.454. The topological polar surface area (TPSA) is 113 Å². The lowest BCUT2D eigenvalue weighted by Gasteiger charge is -2.47. The predicted molar refractivity (Wildman–Crippen MR) is 95.0 cm³/mol. The molecular formula is C17H24N8O2. The summed E-state index contributed by atoms with van der Waals surface area (Å²) in [5, 5.41) is 17.8. The fourth-order valence-electron chi connectivity index (χ4n) is 4.20. The summed E-state index contributed by atoms with van der Waals surface area (Å²) in [6, 6.07) is 0.255. The standard InChI is InChI=1S/C17H24N8O2/c1-2-3-7-24-14-6-8-23(10-12(14)4-5-15(24)26)17(27)13-9-18-20-16(13)25-11-19-21-22-25/h9,11-12,14H,2-8,10H2,1H3,(H,18,20). The molecule has 0 aliphatic carbocycles. The van der Waals surface area contributed by atoms with Crippen LogP contribution in [0.5, 0.6) is 0 Å². The molecule has 27 heavy (non-hydrogen) atoms. The number of unbranched alkanes of at least 4 members (excludes halogenated alkanes) is 1. The van der Waals surface area contributed by atoms with Gasteiger partial charge in [0.2, 0.25) is 5.91 Å². The molecule has 0 radical (unpaired) electrons. The minimum atomic E-state index is -0.0790. The van der Waals surface area contributed by atoms with Gasteiger partial charge in [-0.15, -0.1) is 5.10 Å². The van der Waals surface area contributed by atoms with Crippen LogP contribution in [0.25, 0.3) is 5.82 Å². The number of carbonyl (C=O) groups is 2. The quantitative estimate of drug-likeness (QED) is 0.824. The van der Waals surface area contributed by atoms with Gasteiger partial charge in [-0.25, -0.2) is 0 Å². The summed E-state index contributed by atoms with van der Waals surface area (Å²) in [5.74, 6) is 0.987. The van der Waals surface area contributed by atoms with Crippen LogP contribution < -0.4 is 0 Å². The molecule has 144 valence electrons. The zero-order valence-electron chi connectivity index (χ0n) is 15.4. The first-order valence-electron chi connectivity index (χ1n) is 9.54. The lowest BCUT2D eigenvalue weighted by molar-refractivity contribution is -0.140. The number of aromatic nitrogens is 6. The van der Waals surface area contributed by atoms with Crippen molar-refractivity contribution in [3.63, 3.8) is 0 Å². The van der Waals surface area contributed by atoms with Crippen LogP contribution in [0.4, 0.5) is 0 Å². The third kappa shape index (κ3) is 3.31. The lowest BCUT2D eigenvalue weighted by Crippen LogP contribution is -2.57. The number of nitrogens with one attached hydrogen (secondary N) is 1. The normalized spacial score (nSPS) is 22.8. The highest BCUT2D eigenvalue weighted by molar-refractivity contribution is 5.97. The molecule has 2 aliphatic heterocycles. The van der Waals surface area contributed by atoms with Gasteiger partial charge >= 0.3 is 0 Å². The van der Waals surface area contributed by atoms with Crippen molar-refractivity contribution in [3.05, 3.63) is 18.1 Å². The maximum Gasteiger partial charge on any atom is 0.259 e. The number of rotatable bonds is 5. The number of piperidine rings is 2. The molecule has 0 spiro atoms. The van der Waals surface area contributed by atoms with Gasteiger partial charge in [-0.2, -0.15) is 9.78 Å². The molecule has 0 aromatic carbocycles. The van der Waals surface area contributed by atoms with E-state index in [-0.39, 0.29) is 17.9 Å². The number of nitrogens with zero attached hydrogens (tertiary/aromatic N) is 7. The molecule has 4 rings (SSSR count). The van der Waals surface area contributed by atoms with Crippen LogP contribution in [0.2, 0.25) is 0 Å².